The highest BCUT2D eigenvalue weighted by Crippen LogP contribution is 2.37. The molecule has 1 aliphatic carbocycles. The van der Waals surface area contributed by atoms with Gasteiger partial charge in [-0.05, 0) is 43.9 Å². The average Bonchev–Trinajstić information content (AvgIpc) is 3.11. The number of carbonyl (C=O) groups excluding carboxylic acids is 1. The SMILES string of the molecule is O=C(NC1CCC(C(F)(F)F)CC1)c1cc2nc(Nc3c(Cl)cccc3Cl)[nH]c2cc1F. The van der Waals surface area contributed by atoms with Crippen LogP contribution in [0.4, 0.5) is 29.2 Å². The second kappa shape index (κ2) is 8.78. The van der Waals surface area contributed by atoms with Crippen molar-refractivity contribution in [3.63, 3.8) is 0 Å². The molecule has 1 fully saturated rings. The maximum Gasteiger partial charge on any atom is 0.391 e. The van der Waals surface area contributed by atoms with Gasteiger partial charge in [0.15, 0.2) is 0 Å². The summed E-state index contributed by atoms with van der Waals surface area (Å²) in [6, 6.07) is 6.96. The van der Waals surface area contributed by atoms with Gasteiger partial charge in [0.05, 0.1) is 38.2 Å². The average molecular weight is 489 g/mol. The molecular formula is C21H18Cl2F4N4O. The Kier molecular flexibility index (Phi) is 6.22. The standard InChI is InChI=1S/C21H18Cl2F4N4O/c22-13-2-1-3-14(23)18(13)31-20-29-16-8-12(15(24)9-17(16)30-20)19(32)28-11-6-4-10(5-7-11)21(25,26)27/h1-3,8-11H,4-7H2,(H,28,32)(H2,29,30,31). The second-order valence-electron chi connectivity index (χ2n) is 7.72. The summed E-state index contributed by atoms with van der Waals surface area (Å²) in [4.78, 5) is 19.8. The fourth-order valence-electron chi connectivity index (χ4n) is 3.83. The van der Waals surface area contributed by atoms with Crippen molar-refractivity contribution in [2.45, 2.75) is 37.9 Å². The quantitative estimate of drug-likeness (QED) is 0.362. The Morgan fingerprint density at radius 1 is 1.09 bits per heavy atom. The number of para-hydroxylation sites is 1. The number of fused-ring (bicyclic) bond motifs is 1. The number of halogens is 6. The van der Waals surface area contributed by atoms with Gasteiger partial charge in [0.2, 0.25) is 5.95 Å². The molecule has 2 aromatic carbocycles. The topological polar surface area (TPSA) is 69.8 Å². The van der Waals surface area contributed by atoms with Crippen LogP contribution in [0.1, 0.15) is 36.0 Å². The third kappa shape index (κ3) is 4.78. The van der Waals surface area contributed by atoms with Crippen LogP contribution in [0.25, 0.3) is 11.0 Å². The van der Waals surface area contributed by atoms with E-state index < -0.39 is 29.9 Å². The van der Waals surface area contributed by atoms with E-state index >= 15 is 0 Å². The number of amides is 1. The predicted molar refractivity (Wildman–Crippen MR) is 115 cm³/mol. The van der Waals surface area contributed by atoms with Crippen molar-refractivity contribution >= 4 is 51.8 Å². The van der Waals surface area contributed by atoms with Crippen molar-refractivity contribution < 1.29 is 22.4 Å². The van der Waals surface area contributed by atoms with Crippen molar-refractivity contribution in [1.82, 2.24) is 15.3 Å². The Bertz CT molecular complexity index is 1140. The Hall–Kier alpha value is -2.52. The lowest BCUT2D eigenvalue weighted by Crippen LogP contribution is -2.40. The Labute approximate surface area is 190 Å². The number of nitrogens with zero attached hydrogens (tertiary/aromatic N) is 1. The molecule has 0 radical (unpaired) electrons. The zero-order valence-electron chi connectivity index (χ0n) is 16.5. The van der Waals surface area contributed by atoms with E-state index in [1.165, 1.54) is 6.07 Å². The van der Waals surface area contributed by atoms with Gasteiger partial charge in [-0.3, -0.25) is 4.79 Å². The molecule has 3 aromatic rings. The first-order valence-corrected chi connectivity index (χ1v) is 10.7. The summed E-state index contributed by atoms with van der Waals surface area (Å²) in [5.74, 6) is -2.57. The molecule has 0 unspecified atom stereocenters. The molecule has 1 aliphatic rings. The lowest BCUT2D eigenvalue weighted by atomic mass is 9.85. The van der Waals surface area contributed by atoms with Crippen LogP contribution in [0.3, 0.4) is 0 Å². The number of hydrogen-bond acceptors (Lipinski definition) is 3. The lowest BCUT2D eigenvalue weighted by molar-refractivity contribution is -0.182. The summed E-state index contributed by atoms with van der Waals surface area (Å²) in [5.41, 5.74) is 0.852. The Morgan fingerprint density at radius 3 is 2.38 bits per heavy atom. The summed E-state index contributed by atoms with van der Waals surface area (Å²) in [6.07, 6.45) is -3.97. The van der Waals surface area contributed by atoms with Crippen molar-refractivity contribution in [3.05, 3.63) is 51.8 Å². The van der Waals surface area contributed by atoms with Crippen molar-refractivity contribution in [2.75, 3.05) is 5.32 Å². The van der Waals surface area contributed by atoms with Gasteiger partial charge >= 0.3 is 6.18 Å². The Morgan fingerprint density at radius 2 is 1.75 bits per heavy atom. The molecular weight excluding hydrogens is 471 g/mol. The molecule has 0 saturated heterocycles. The molecule has 0 spiro atoms. The molecule has 170 valence electrons. The van der Waals surface area contributed by atoms with E-state index in [1.54, 1.807) is 18.2 Å². The molecule has 0 bridgehead atoms. The van der Waals surface area contributed by atoms with E-state index in [0.717, 1.165) is 6.07 Å². The van der Waals surface area contributed by atoms with Gasteiger partial charge in [-0.1, -0.05) is 29.3 Å². The van der Waals surface area contributed by atoms with E-state index in [9.17, 15) is 22.4 Å². The third-order valence-corrected chi connectivity index (χ3v) is 6.18. The van der Waals surface area contributed by atoms with E-state index in [0.29, 0.717) is 26.8 Å². The number of alkyl halides is 3. The third-order valence-electron chi connectivity index (χ3n) is 5.55. The molecule has 32 heavy (non-hydrogen) atoms. The van der Waals surface area contributed by atoms with Gasteiger partial charge in [-0.15, -0.1) is 0 Å². The largest absolute Gasteiger partial charge is 0.391 e. The number of hydrogen-bond donors (Lipinski definition) is 3. The van der Waals surface area contributed by atoms with Crippen LogP contribution in [0.15, 0.2) is 30.3 Å². The highest BCUT2D eigenvalue weighted by molar-refractivity contribution is 6.39. The summed E-state index contributed by atoms with van der Waals surface area (Å²) < 4.78 is 53.0. The van der Waals surface area contributed by atoms with Gasteiger partial charge in [-0.2, -0.15) is 13.2 Å². The number of rotatable bonds is 4. The predicted octanol–water partition coefficient (Wildman–Crippen LogP) is 6.60. The number of aromatic amines is 1. The molecule has 0 aliphatic heterocycles. The van der Waals surface area contributed by atoms with E-state index in [-0.39, 0.29) is 37.2 Å². The first-order chi connectivity index (χ1) is 15.1. The minimum Gasteiger partial charge on any atom is -0.349 e. The zero-order chi connectivity index (χ0) is 23.0. The molecule has 11 heteroatoms. The van der Waals surface area contributed by atoms with Crippen molar-refractivity contribution in [2.24, 2.45) is 5.92 Å². The maximum atomic E-state index is 14.6. The molecule has 1 aromatic heterocycles. The molecule has 0 atom stereocenters. The van der Waals surface area contributed by atoms with Crippen LogP contribution in [0.2, 0.25) is 10.0 Å². The fraction of sp³-hybridized carbons (Fsp3) is 0.333. The van der Waals surface area contributed by atoms with Gasteiger partial charge in [-0.25, -0.2) is 9.37 Å². The molecule has 4 rings (SSSR count). The molecule has 5 nitrogen and oxygen atoms in total. The van der Waals surface area contributed by atoms with Crippen molar-refractivity contribution in [3.8, 4) is 0 Å². The number of carbonyl (C=O) groups is 1. The maximum absolute atomic E-state index is 14.6. The lowest BCUT2D eigenvalue weighted by Gasteiger charge is -2.30. The number of benzene rings is 2. The van der Waals surface area contributed by atoms with Gasteiger partial charge in [0.1, 0.15) is 5.82 Å². The molecule has 1 amide bonds. The fourth-order valence-corrected chi connectivity index (χ4v) is 4.32. The van der Waals surface area contributed by atoms with Gasteiger partial charge in [0, 0.05) is 12.1 Å². The number of imidazole rings is 1. The van der Waals surface area contributed by atoms with Crippen molar-refractivity contribution in [1.29, 1.82) is 0 Å². The summed E-state index contributed by atoms with van der Waals surface area (Å²) in [6.45, 7) is 0. The van der Waals surface area contributed by atoms with Crippen LogP contribution < -0.4 is 10.6 Å². The minimum absolute atomic E-state index is 0.0606. The first-order valence-electron chi connectivity index (χ1n) is 9.89. The van der Waals surface area contributed by atoms with Gasteiger partial charge in [0.25, 0.3) is 5.91 Å². The summed E-state index contributed by atoms with van der Waals surface area (Å²) in [5, 5.41) is 6.30. The molecule has 3 N–H and O–H groups in total. The van der Waals surface area contributed by atoms with E-state index in [2.05, 4.69) is 20.6 Å². The van der Waals surface area contributed by atoms with E-state index in [1.807, 2.05) is 0 Å². The normalized spacial score (nSPS) is 19.2. The first kappa shape index (κ1) is 22.7. The van der Waals surface area contributed by atoms with Gasteiger partial charge < -0.3 is 15.6 Å². The highest BCUT2D eigenvalue weighted by atomic mass is 35.5. The number of aromatic nitrogens is 2. The molecule has 1 saturated carbocycles. The second-order valence-corrected chi connectivity index (χ2v) is 8.53. The number of nitrogens with one attached hydrogen (secondary N) is 3. The summed E-state index contributed by atoms with van der Waals surface area (Å²) in [7, 11) is 0. The molecule has 1 heterocycles. The smallest absolute Gasteiger partial charge is 0.349 e. The van der Waals surface area contributed by atoms with Crippen LogP contribution in [0.5, 0.6) is 0 Å². The van der Waals surface area contributed by atoms with Crippen LogP contribution >= 0.6 is 23.2 Å². The van der Waals surface area contributed by atoms with E-state index in [4.69, 9.17) is 23.2 Å². The number of anilines is 2. The Balaban J connectivity index is 1.49. The van der Waals surface area contributed by atoms with Crippen LogP contribution in [0, 0.1) is 11.7 Å². The zero-order valence-corrected chi connectivity index (χ0v) is 18.0. The van der Waals surface area contributed by atoms with Crippen LogP contribution in [-0.2, 0) is 0 Å². The minimum atomic E-state index is -4.23. The number of H-pyrrole nitrogens is 1. The highest BCUT2D eigenvalue weighted by Gasteiger charge is 2.41. The monoisotopic (exact) mass is 488 g/mol. The summed E-state index contributed by atoms with van der Waals surface area (Å²) >= 11 is 12.3. The van der Waals surface area contributed by atoms with Crippen LogP contribution in [-0.4, -0.2) is 28.1 Å².